The van der Waals surface area contributed by atoms with E-state index in [-0.39, 0.29) is 17.2 Å². The minimum atomic E-state index is -0.141. The summed E-state index contributed by atoms with van der Waals surface area (Å²) in [6.45, 7) is 5.91. The summed E-state index contributed by atoms with van der Waals surface area (Å²) >= 11 is 1.26. The van der Waals surface area contributed by atoms with Crippen molar-refractivity contribution in [2.75, 3.05) is 11.1 Å². The second-order valence-corrected chi connectivity index (χ2v) is 8.44. The zero-order chi connectivity index (χ0) is 22.0. The summed E-state index contributed by atoms with van der Waals surface area (Å²) in [6, 6.07) is 20.9. The molecule has 6 heteroatoms. The fourth-order valence-electron chi connectivity index (χ4n) is 3.42. The molecule has 0 aliphatic carbocycles. The molecule has 0 radical (unpaired) electrons. The van der Waals surface area contributed by atoms with E-state index in [1.807, 2.05) is 81.4 Å². The van der Waals surface area contributed by atoms with Gasteiger partial charge in [-0.15, -0.1) is 0 Å². The third-order valence-corrected chi connectivity index (χ3v) is 6.04. The Morgan fingerprint density at radius 2 is 1.71 bits per heavy atom. The number of nitrogens with zero attached hydrogens (tertiary/aromatic N) is 2. The number of fused-ring (bicyclic) bond motifs is 1. The highest BCUT2D eigenvalue weighted by Gasteiger charge is 2.16. The van der Waals surface area contributed by atoms with Crippen molar-refractivity contribution >= 4 is 34.3 Å². The lowest BCUT2D eigenvalue weighted by atomic mass is 10.1. The van der Waals surface area contributed by atoms with E-state index in [4.69, 9.17) is 4.98 Å². The summed E-state index contributed by atoms with van der Waals surface area (Å²) in [6.07, 6.45) is 0. The predicted octanol–water partition coefficient (Wildman–Crippen LogP) is 5.04. The Hall–Kier alpha value is -3.38. The first-order valence-corrected chi connectivity index (χ1v) is 11.0. The van der Waals surface area contributed by atoms with Gasteiger partial charge in [-0.1, -0.05) is 54.2 Å². The summed E-state index contributed by atoms with van der Waals surface area (Å²) in [5.41, 5.74) is 5.09. The van der Waals surface area contributed by atoms with Gasteiger partial charge in [-0.2, -0.15) is 0 Å². The number of thioether (sulfide) groups is 1. The topological polar surface area (TPSA) is 64.0 Å². The number of rotatable bonds is 5. The van der Waals surface area contributed by atoms with Crippen LogP contribution in [0.1, 0.15) is 16.7 Å². The number of aryl methyl sites for hydroxylation is 3. The Morgan fingerprint density at radius 3 is 2.52 bits per heavy atom. The Balaban J connectivity index is 1.69. The normalized spacial score (nSPS) is 10.9. The third kappa shape index (κ3) is 4.39. The summed E-state index contributed by atoms with van der Waals surface area (Å²) in [7, 11) is 0. The molecule has 1 N–H and O–H groups in total. The van der Waals surface area contributed by atoms with Gasteiger partial charge in [0.1, 0.15) is 0 Å². The van der Waals surface area contributed by atoms with Crippen LogP contribution in [0.25, 0.3) is 16.6 Å². The Morgan fingerprint density at radius 1 is 0.968 bits per heavy atom. The molecule has 1 heterocycles. The van der Waals surface area contributed by atoms with Gasteiger partial charge in [0.15, 0.2) is 5.16 Å². The standard InChI is InChI=1S/C25H23N3O2S/c1-16-12-13-17(2)21(14-16)26-23(29)15-31-25-27-20-10-6-5-9-19(20)24(30)28(25)22-11-7-4-8-18(22)3/h4-14H,15H2,1-3H3,(H,26,29). The number of benzene rings is 3. The van der Waals surface area contributed by atoms with E-state index < -0.39 is 0 Å². The average Bonchev–Trinajstić information content (AvgIpc) is 2.76. The molecule has 0 aliphatic heterocycles. The van der Waals surface area contributed by atoms with Crippen LogP contribution in [0.4, 0.5) is 5.69 Å². The number of nitrogens with one attached hydrogen (secondary N) is 1. The second kappa shape index (κ2) is 8.78. The molecule has 0 fully saturated rings. The van der Waals surface area contributed by atoms with E-state index in [2.05, 4.69) is 5.32 Å². The van der Waals surface area contributed by atoms with Gasteiger partial charge in [0.25, 0.3) is 5.56 Å². The van der Waals surface area contributed by atoms with Gasteiger partial charge in [0, 0.05) is 5.69 Å². The zero-order valence-electron chi connectivity index (χ0n) is 17.7. The first kappa shape index (κ1) is 20.9. The molecule has 31 heavy (non-hydrogen) atoms. The van der Waals surface area contributed by atoms with Gasteiger partial charge >= 0.3 is 0 Å². The van der Waals surface area contributed by atoms with Gasteiger partial charge in [-0.3, -0.25) is 14.2 Å². The monoisotopic (exact) mass is 429 g/mol. The van der Waals surface area contributed by atoms with Gasteiger partial charge in [-0.25, -0.2) is 4.98 Å². The van der Waals surface area contributed by atoms with Crippen LogP contribution in [0.5, 0.6) is 0 Å². The van der Waals surface area contributed by atoms with E-state index in [1.54, 1.807) is 10.6 Å². The van der Waals surface area contributed by atoms with Crippen LogP contribution in [0.2, 0.25) is 0 Å². The van der Waals surface area contributed by atoms with E-state index in [9.17, 15) is 9.59 Å². The number of aromatic nitrogens is 2. The smallest absolute Gasteiger partial charge is 0.266 e. The number of carbonyl (C=O) groups excluding carboxylic acids is 1. The molecule has 1 aromatic heterocycles. The molecule has 5 nitrogen and oxygen atoms in total. The maximum Gasteiger partial charge on any atom is 0.266 e. The number of anilines is 1. The molecule has 4 aromatic rings. The molecule has 156 valence electrons. The summed E-state index contributed by atoms with van der Waals surface area (Å²) in [4.78, 5) is 30.7. The number of para-hydroxylation sites is 2. The third-order valence-electron chi connectivity index (χ3n) is 5.10. The second-order valence-electron chi connectivity index (χ2n) is 7.49. The minimum absolute atomic E-state index is 0.141. The van der Waals surface area contributed by atoms with Crippen LogP contribution < -0.4 is 10.9 Å². The van der Waals surface area contributed by atoms with E-state index in [1.165, 1.54) is 11.8 Å². The van der Waals surface area contributed by atoms with E-state index in [0.29, 0.717) is 16.1 Å². The van der Waals surface area contributed by atoms with Crippen LogP contribution in [0, 0.1) is 20.8 Å². The molecule has 0 unspecified atom stereocenters. The maximum absolute atomic E-state index is 13.3. The van der Waals surface area contributed by atoms with Crippen molar-refractivity contribution in [3.63, 3.8) is 0 Å². The number of hydrogen-bond donors (Lipinski definition) is 1. The average molecular weight is 430 g/mol. The highest BCUT2D eigenvalue weighted by atomic mass is 32.2. The van der Waals surface area contributed by atoms with Crippen LogP contribution in [0.15, 0.2) is 76.7 Å². The first-order chi connectivity index (χ1) is 14.9. The Kier molecular flexibility index (Phi) is 5.91. The summed E-state index contributed by atoms with van der Waals surface area (Å²) in [5.74, 6) is 0.00164. The molecule has 0 saturated heterocycles. The molecule has 3 aromatic carbocycles. The van der Waals surface area contributed by atoms with Crippen LogP contribution >= 0.6 is 11.8 Å². The van der Waals surface area contributed by atoms with Crippen LogP contribution in [-0.2, 0) is 4.79 Å². The summed E-state index contributed by atoms with van der Waals surface area (Å²) < 4.78 is 1.60. The highest BCUT2D eigenvalue weighted by molar-refractivity contribution is 7.99. The molecule has 0 aliphatic rings. The fourth-order valence-corrected chi connectivity index (χ4v) is 4.23. The predicted molar refractivity (Wildman–Crippen MR) is 127 cm³/mol. The van der Waals surface area contributed by atoms with Crippen molar-refractivity contribution < 1.29 is 4.79 Å². The molecule has 0 bridgehead atoms. The lowest BCUT2D eigenvalue weighted by Crippen LogP contribution is -2.23. The van der Waals surface area contributed by atoms with Gasteiger partial charge in [-0.05, 0) is 61.7 Å². The number of carbonyl (C=O) groups is 1. The fraction of sp³-hybridized carbons (Fsp3) is 0.160. The van der Waals surface area contributed by atoms with Crippen molar-refractivity contribution in [2.45, 2.75) is 25.9 Å². The molecular formula is C25H23N3O2S. The van der Waals surface area contributed by atoms with Crippen molar-refractivity contribution in [3.05, 3.63) is 93.8 Å². The van der Waals surface area contributed by atoms with E-state index >= 15 is 0 Å². The largest absolute Gasteiger partial charge is 0.325 e. The van der Waals surface area contributed by atoms with Gasteiger partial charge in [0.05, 0.1) is 22.3 Å². The molecule has 0 spiro atoms. The Labute approximate surface area is 185 Å². The molecule has 1 amide bonds. The lowest BCUT2D eigenvalue weighted by Gasteiger charge is -2.15. The van der Waals surface area contributed by atoms with Crippen molar-refractivity contribution in [1.82, 2.24) is 9.55 Å². The van der Waals surface area contributed by atoms with Crippen molar-refractivity contribution in [2.24, 2.45) is 0 Å². The lowest BCUT2D eigenvalue weighted by molar-refractivity contribution is -0.113. The zero-order valence-corrected chi connectivity index (χ0v) is 18.5. The Bertz CT molecular complexity index is 1340. The van der Waals surface area contributed by atoms with Gasteiger partial charge < -0.3 is 5.32 Å². The maximum atomic E-state index is 13.3. The van der Waals surface area contributed by atoms with Gasteiger partial charge in [0.2, 0.25) is 5.91 Å². The molecular weight excluding hydrogens is 406 g/mol. The molecule has 4 rings (SSSR count). The van der Waals surface area contributed by atoms with Crippen molar-refractivity contribution in [3.8, 4) is 5.69 Å². The first-order valence-electron chi connectivity index (χ1n) is 10.0. The molecule has 0 atom stereocenters. The summed E-state index contributed by atoms with van der Waals surface area (Å²) in [5, 5.41) is 4.01. The molecule has 0 saturated carbocycles. The van der Waals surface area contributed by atoms with Crippen molar-refractivity contribution in [1.29, 1.82) is 0 Å². The van der Waals surface area contributed by atoms with Crippen LogP contribution in [0.3, 0.4) is 0 Å². The highest BCUT2D eigenvalue weighted by Crippen LogP contribution is 2.24. The SMILES string of the molecule is Cc1ccc(C)c(NC(=O)CSc2nc3ccccc3c(=O)n2-c2ccccc2C)c1. The number of amides is 1. The number of hydrogen-bond acceptors (Lipinski definition) is 4. The quantitative estimate of drug-likeness (QED) is 0.356. The van der Waals surface area contributed by atoms with Crippen LogP contribution in [-0.4, -0.2) is 21.2 Å². The van der Waals surface area contributed by atoms with E-state index in [0.717, 1.165) is 28.1 Å². The minimum Gasteiger partial charge on any atom is -0.325 e.